The number of halogens is 1. The summed E-state index contributed by atoms with van der Waals surface area (Å²) in [6.07, 6.45) is 4.01. The van der Waals surface area contributed by atoms with Gasteiger partial charge in [0.05, 0.1) is 17.3 Å². The maximum Gasteiger partial charge on any atom is 0.256 e. The van der Waals surface area contributed by atoms with Crippen molar-refractivity contribution in [2.75, 3.05) is 26.2 Å². The molecule has 4 rings (SSSR count). The molecule has 1 aromatic heterocycles. The van der Waals surface area contributed by atoms with E-state index in [1.807, 2.05) is 17.9 Å². The number of fused-ring (bicyclic) bond motifs is 2. The van der Waals surface area contributed by atoms with Gasteiger partial charge in [-0.15, -0.1) is 12.4 Å². The molecule has 2 atom stereocenters. The lowest BCUT2D eigenvalue weighted by atomic mass is 9.92. The van der Waals surface area contributed by atoms with Gasteiger partial charge in [-0.05, 0) is 62.4 Å². The molecule has 2 N–H and O–H groups in total. The van der Waals surface area contributed by atoms with Gasteiger partial charge in [0.25, 0.3) is 5.91 Å². The summed E-state index contributed by atoms with van der Waals surface area (Å²) in [7, 11) is 0. The van der Waals surface area contributed by atoms with E-state index in [1.54, 1.807) is 6.20 Å². The van der Waals surface area contributed by atoms with E-state index in [0.717, 1.165) is 72.9 Å². The van der Waals surface area contributed by atoms with Crippen molar-refractivity contribution in [2.24, 2.45) is 11.8 Å². The number of hydrogen-bond acceptors (Lipinski definition) is 3. The Hall–Kier alpha value is -1.59. The molecule has 2 aliphatic heterocycles. The summed E-state index contributed by atoms with van der Waals surface area (Å²) in [5, 5.41) is 11.6. The van der Waals surface area contributed by atoms with Crippen LogP contribution < -0.4 is 5.32 Å². The molecule has 2 aliphatic rings. The van der Waals surface area contributed by atoms with Crippen LogP contribution in [-0.4, -0.2) is 47.2 Å². The number of likely N-dealkylation sites (tertiary alicyclic amines) is 1. The van der Waals surface area contributed by atoms with Gasteiger partial charge in [-0.3, -0.25) is 9.89 Å². The molecule has 0 spiro atoms. The zero-order valence-corrected chi connectivity index (χ0v) is 14.2. The van der Waals surface area contributed by atoms with Crippen LogP contribution in [0.1, 0.15) is 28.8 Å². The van der Waals surface area contributed by atoms with Crippen molar-refractivity contribution in [1.29, 1.82) is 0 Å². The summed E-state index contributed by atoms with van der Waals surface area (Å²) in [5.41, 5.74) is 2.73. The number of benzene rings is 1. The second-order valence-corrected chi connectivity index (χ2v) is 6.69. The highest BCUT2D eigenvalue weighted by molar-refractivity contribution is 6.05. The van der Waals surface area contributed by atoms with Crippen molar-refractivity contribution in [3.05, 3.63) is 29.5 Å². The van der Waals surface area contributed by atoms with Crippen molar-refractivity contribution in [3.8, 4) is 0 Å². The molecule has 5 nitrogen and oxygen atoms in total. The summed E-state index contributed by atoms with van der Waals surface area (Å²) < 4.78 is 0. The number of nitrogens with one attached hydrogen (secondary N) is 2. The number of aryl methyl sites for hydroxylation is 1. The molecule has 6 heteroatoms. The van der Waals surface area contributed by atoms with E-state index in [9.17, 15) is 4.79 Å². The number of aromatic nitrogens is 2. The van der Waals surface area contributed by atoms with Crippen LogP contribution in [0.25, 0.3) is 10.9 Å². The molecule has 124 valence electrons. The van der Waals surface area contributed by atoms with Crippen LogP contribution in [0.2, 0.25) is 0 Å². The zero-order valence-electron chi connectivity index (χ0n) is 13.3. The van der Waals surface area contributed by atoms with Gasteiger partial charge in [-0.25, -0.2) is 0 Å². The molecule has 2 fully saturated rings. The molecular formula is C17H23ClN4O. The van der Waals surface area contributed by atoms with Crippen LogP contribution in [0, 0.1) is 18.8 Å². The molecule has 2 saturated heterocycles. The summed E-state index contributed by atoms with van der Waals surface area (Å²) in [6, 6.07) is 4.05. The predicted octanol–water partition coefficient (Wildman–Crippen LogP) is 2.36. The maximum atomic E-state index is 13.0. The number of amides is 1. The van der Waals surface area contributed by atoms with E-state index < -0.39 is 0 Å². The van der Waals surface area contributed by atoms with Crippen LogP contribution in [0.15, 0.2) is 18.3 Å². The van der Waals surface area contributed by atoms with E-state index >= 15 is 0 Å². The molecule has 3 heterocycles. The molecule has 0 bridgehead atoms. The van der Waals surface area contributed by atoms with Crippen LogP contribution in [0.5, 0.6) is 0 Å². The fraction of sp³-hybridized carbons (Fsp3) is 0.529. The molecule has 1 amide bonds. The van der Waals surface area contributed by atoms with Gasteiger partial charge in [-0.1, -0.05) is 0 Å². The van der Waals surface area contributed by atoms with Crippen molar-refractivity contribution >= 4 is 29.2 Å². The Labute approximate surface area is 142 Å². The van der Waals surface area contributed by atoms with Gasteiger partial charge >= 0.3 is 0 Å². The molecule has 0 aliphatic carbocycles. The average Bonchev–Trinajstić information content (AvgIpc) is 3.11. The SMILES string of the molecule is Cc1cc(C(=O)N2CC[C@@H]3CNC[C@@H]3CC2)c2[nH]ncc2c1.Cl. The Morgan fingerprint density at radius 2 is 1.91 bits per heavy atom. The highest BCUT2D eigenvalue weighted by atomic mass is 35.5. The normalized spacial score (nSPS) is 24.1. The number of aromatic amines is 1. The number of carbonyl (C=O) groups is 1. The van der Waals surface area contributed by atoms with E-state index in [0.29, 0.717) is 0 Å². The number of hydrogen-bond donors (Lipinski definition) is 2. The van der Waals surface area contributed by atoms with Gasteiger partial charge in [-0.2, -0.15) is 5.10 Å². The highest BCUT2D eigenvalue weighted by Crippen LogP contribution is 2.28. The number of carbonyl (C=O) groups excluding carboxylic acids is 1. The van der Waals surface area contributed by atoms with Gasteiger partial charge < -0.3 is 10.2 Å². The van der Waals surface area contributed by atoms with E-state index in [-0.39, 0.29) is 18.3 Å². The molecule has 2 aromatic rings. The monoisotopic (exact) mass is 334 g/mol. The van der Waals surface area contributed by atoms with Crippen LogP contribution in [-0.2, 0) is 0 Å². The first-order chi connectivity index (χ1) is 10.7. The Bertz CT molecular complexity index is 700. The van der Waals surface area contributed by atoms with E-state index in [4.69, 9.17) is 0 Å². The lowest BCUT2D eigenvalue weighted by Gasteiger charge is -2.21. The molecule has 0 unspecified atom stereocenters. The lowest BCUT2D eigenvalue weighted by molar-refractivity contribution is 0.0760. The summed E-state index contributed by atoms with van der Waals surface area (Å²) in [6.45, 7) is 5.99. The fourth-order valence-electron chi connectivity index (χ4n) is 3.97. The molecule has 0 saturated carbocycles. The first kappa shape index (κ1) is 16.3. The third-order valence-corrected chi connectivity index (χ3v) is 5.23. The number of rotatable bonds is 1. The second-order valence-electron chi connectivity index (χ2n) is 6.69. The Morgan fingerprint density at radius 1 is 1.22 bits per heavy atom. The third kappa shape index (κ3) is 2.95. The van der Waals surface area contributed by atoms with E-state index in [2.05, 4.69) is 21.6 Å². The van der Waals surface area contributed by atoms with Gasteiger partial charge in [0.2, 0.25) is 0 Å². The summed E-state index contributed by atoms with van der Waals surface area (Å²) >= 11 is 0. The van der Waals surface area contributed by atoms with Crippen molar-refractivity contribution in [3.63, 3.8) is 0 Å². The molecule has 23 heavy (non-hydrogen) atoms. The number of nitrogens with zero attached hydrogens (tertiary/aromatic N) is 2. The highest BCUT2D eigenvalue weighted by Gasteiger charge is 2.32. The standard InChI is InChI=1S/C17H22N4O.ClH/c1-11-6-14-10-19-20-16(14)15(7-11)17(22)21-4-2-12-8-18-9-13(12)3-5-21;/h6-7,10,12-13,18H,2-5,8-9H2,1H3,(H,19,20);1H/t12-,13+;. The van der Waals surface area contributed by atoms with Gasteiger partial charge in [0.15, 0.2) is 0 Å². The second kappa shape index (κ2) is 6.49. The smallest absolute Gasteiger partial charge is 0.256 e. The van der Waals surface area contributed by atoms with E-state index in [1.165, 1.54) is 0 Å². The first-order valence-electron chi connectivity index (χ1n) is 8.16. The Balaban J connectivity index is 0.00000156. The number of H-pyrrole nitrogens is 1. The van der Waals surface area contributed by atoms with Crippen molar-refractivity contribution in [1.82, 2.24) is 20.4 Å². The Morgan fingerprint density at radius 3 is 2.61 bits per heavy atom. The largest absolute Gasteiger partial charge is 0.339 e. The van der Waals surface area contributed by atoms with Crippen LogP contribution in [0.3, 0.4) is 0 Å². The van der Waals surface area contributed by atoms with Crippen molar-refractivity contribution in [2.45, 2.75) is 19.8 Å². The Kier molecular flexibility index (Phi) is 4.60. The minimum atomic E-state index is 0. The van der Waals surface area contributed by atoms with Crippen LogP contribution >= 0.6 is 12.4 Å². The topological polar surface area (TPSA) is 61.0 Å². The molecular weight excluding hydrogens is 312 g/mol. The minimum absolute atomic E-state index is 0. The lowest BCUT2D eigenvalue weighted by Crippen LogP contribution is -2.33. The fourth-order valence-corrected chi connectivity index (χ4v) is 3.97. The summed E-state index contributed by atoms with van der Waals surface area (Å²) in [5.74, 6) is 1.62. The van der Waals surface area contributed by atoms with Gasteiger partial charge in [0, 0.05) is 18.5 Å². The predicted molar refractivity (Wildman–Crippen MR) is 93.1 cm³/mol. The first-order valence-corrected chi connectivity index (χ1v) is 8.16. The minimum Gasteiger partial charge on any atom is -0.339 e. The maximum absolute atomic E-state index is 13.0. The average molecular weight is 335 g/mol. The third-order valence-electron chi connectivity index (χ3n) is 5.23. The van der Waals surface area contributed by atoms with Gasteiger partial charge in [0.1, 0.15) is 0 Å². The van der Waals surface area contributed by atoms with Crippen molar-refractivity contribution < 1.29 is 4.79 Å². The van der Waals surface area contributed by atoms with Crippen LogP contribution in [0.4, 0.5) is 0 Å². The molecule has 1 aromatic carbocycles. The summed E-state index contributed by atoms with van der Waals surface area (Å²) in [4.78, 5) is 15.0. The quantitative estimate of drug-likeness (QED) is 0.841. The zero-order chi connectivity index (χ0) is 15.1. The molecule has 0 radical (unpaired) electrons.